The topological polar surface area (TPSA) is 87.7 Å². The first-order chi connectivity index (χ1) is 16.0. The predicted molar refractivity (Wildman–Crippen MR) is 128 cm³/mol. The molecule has 33 heavy (non-hydrogen) atoms. The molecule has 2 N–H and O–H groups in total. The fraction of sp³-hybridized carbons (Fsp3) is 0.192. The first-order valence-corrected chi connectivity index (χ1v) is 10.8. The third-order valence-corrected chi connectivity index (χ3v) is 5.59. The average Bonchev–Trinajstić information content (AvgIpc) is 3.27. The number of nitrogens with zero attached hydrogens (tertiary/aromatic N) is 1. The SMILES string of the molecule is CCC(=O)N1CCc2cc(C(=O)Nc3ccc(C(=O)Nc4ccc(OC)cc4)cc3)ccc21. The van der Waals surface area contributed by atoms with Crippen molar-refractivity contribution in [2.24, 2.45) is 0 Å². The lowest BCUT2D eigenvalue weighted by molar-refractivity contribution is -0.118. The summed E-state index contributed by atoms with van der Waals surface area (Å²) in [5.74, 6) is 0.307. The summed E-state index contributed by atoms with van der Waals surface area (Å²) in [4.78, 5) is 39.0. The highest BCUT2D eigenvalue weighted by atomic mass is 16.5. The smallest absolute Gasteiger partial charge is 0.255 e. The maximum atomic E-state index is 12.7. The lowest BCUT2D eigenvalue weighted by Crippen LogP contribution is -2.27. The highest BCUT2D eigenvalue weighted by Crippen LogP contribution is 2.29. The summed E-state index contributed by atoms with van der Waals surface area (Å²) in [6.45, 7) is 2.49. The van der Waals surface area contributed by atoms with Gasteiger partial charge in [-0.05, 0) is 78.7 Å². The zero-order chi connectivity index (χ0) is 23.4. The fourth-order valence-corrected chi connectivity index (χ4v) is 3.78. The first kappa shape index (κ1) is 22.1. The van der Waals surface area contributed by atoms with Crippen molar-refractivity contribution >= 4 is 34.8 Å². The van der Waals surface area contributed by atoms with Crippen LogP contribution in [-0.2, 0) is 11.2 Å². The number of amides is 3. The highest BCUT2D eigenvalue weighted by Gasteiger charge is 2.24. The average molecular weight is 444 g/mol. The van der Waals surface area contributed by atoms with E-state index in [1.54, 1.807) is 66.6 Å². The van der Waals surface area contributed by atoms with Crippen LogP contribution in [0.25, 0.3) is 0 Å². The van der Waals surface area contributed by atoms with E-state index in [9.17, 15) is 14.4 Å². The molecule has 0 saturated carbocycles. The molecule has 0 fully saturated rings. The third-order valence-electron chi connectivity index (χ3n) is 5.59. The molecule has 0 aromatic heterocycles. The minimum Gasteiger partial charge on any atom is -0.497 e. The number of carbonyl (C=O) groups is 3. The van der Waals surface area contributed by atoms with Gasteiger partial charge in [0.1, 0.15) is 5.75 Å². The molecule has 168 valence electrons. The highest BCUT2D eigenvalue weighted by molar-refractivity contribution is 6.07. The second-order valence-electron chi connectivity index (χ2n) is 7.71. The van der Waals surface area contributed by atoms with E-state index >= 15 is 0 Å². The van der Waals surface area contributed by atoms with E-state index in [1.165, 1.54) is 0 Å². The van der Waals surface area contributed by atoms with Gasteiger partial charge in [-0.1, -0.05) is 6.92 Å². The molecular weight excluding hydrogens is 418 g/mol. The van der Waals surface area contributed by atoms with Crippen molar-refractivity contribution in [3.8, 4) is 5.75 Å². The van der Waals surface area contributed by atoms with E-state index < -0.39 is 0 Å². The molecule has 0 unspecified atom stereocenters. The molecule has 3 amide bonds. The summed E-state index contributed by atoms with van der Waals surface area (Å²) in [6.07, 6.45) is 1.19. The van der Waals surface area contributed by atoms with E-state index in [0.717, 1.165) is 17.7 Å². The van der Waals surface area contributed by atoms with E-state index in [1.807, 2.05) is 19.1 Å². The molecule has 0 saturated heterocycles. The lowest BCUT2D eigenvalue weighted by Gasteiger charge is -2.16. The van der Waals surface area contributed by atoms with Gasteiger partial charge in [0.05, 0.1) is 7.11 Å². The number of nitrogens with one attached hydrogen (secondary N) is 2. The van der Waals surface area contributed by atoms with Gasteiger partial charge in [0.25, 0.3) is 11.8 Å². The quantitative estimate of drug-likeness (QED) is 0.587. The van der Waals surface area contributed by atoms with Gasteiger partial charge in [0.2, 0.25) is 5.91 Å². The van der Waals surface area contributed by atoms with Gasteiger partial charge in [-0.25, -0.2) is 0 Å². The van der Waals surface area contributed by atoms with Crippen LogP contribution in [0.15, 0.2) is 66.7 Å². The Kier molecular flexibility index (Phi) is 6.40. The Balaban J connectivity index is 1.39. The Hall–Kier alpha value is -4.13. The first-order valence-electron chi connectivity index (χ1n) is 10.8. The van der Waals surface area contributed by atoms with Crippen molar-refractivity contribution < 1.29 is 19.1 Å². The van der Waals surface area contributed by atoms with E-state index in [4.69, 9.17) is 4.74 Å². The molecule has 1 aliphatic heterocycles. The normalized spacial score (nSPS) is 12.1. The summed E-state index contributed by atoms with van der Waals surface area (Å²) in [5, 5.41) is 5.68. The molecule has 1 aliphatic rings. The minimum atomic E-state index is -0.247. The summed E-state index contributed by atoms with van der Waals surface area (Å²) >= 11 is 0. The van der Waals surface area contributed by atoms with Crippen molar-refractivity contribution in [1.82, 2.24) is 0 Å². The Bertz CT molecular complexity index is 1190. The Morgan fingerprint density at radius 2 is 1.42 bits per heavy atom. The van der Waals surface area contributed by atoms with Crippen LogP contribution in [0, 0.1) is 0 Å². The third kappa shape index (κ3) is 4.87. The Morgan fingerprint density at radius 3 is 2.03 bits per heavy atom. The molecule has 4 rings (SSSR count). The van der Waals surface area contributed by atoms with Crippen LogP contribution in [-0.4, -0.2) is 31.4 Å². The van der Waals surface area contributed by atoms with Crippen LogP contribution in [0.2, 0.25) is 0 Å². The summed E-state index contributed by atoms with van der Waals surface area (Å²) in [6, 6.07) is 19.2. The number of methoxy groups -OCH3 is 1. The lowest BCUT2D eigenvalue weighted by atomic mass is 10.1. The molecule has 0 spiro atoms. The molecular formula is C26H25N3O4. The molecule has 0 radical (unpaired) electrons. The van der Waals surface area contributed by atoms with E-state index in [-0.39, 0.29) is 17.7 Å². The number of benzene rings is 3. The Labute approximate surface area is 192 Å². The standard InChI is InChI=1S/C26H25N3O4/c1-3-24(30)29-15-14-18-16-19(6-13-23(18)29)26(32)28-20-7-4-17(5-8-20)25(31)27-21-9-11-22(33-2)12-10-21/h4-13,16H,3,14-15H2,1-2H3,(H,27,31)(H,28,32). The molecule has 0 atom stereocenters. The van der Waals surface area contributed by atoms with Gasteiger partial charge in [-0.15, -0.1) is 0 Å². The van der Waals surface area contributed by atoms with Crippen molar-refractivity contribution in [3.05, 3.63) is 83.4 Å². The number of anilines is 3. The monoisotopic (exact) mass is 443 g/mol. The number of rotatable bonds is 6. The number of fused-ring (bicyclic) bond motifs is 1. The number of carbonyl (C=O) groups excluding carboxylic acids is 3. The largest absolute Gasteiger partial charge is 0.497 e. The van der Waals surface area contributed by atoms with Crippen molar-refractivity contribution in [1.29, 1.82) is 0 Å². The maximum absolute atomic E-state index is 12.7. The van der Waals surface area contributed by atoms with Crippen LogP contribution in [0.4, 0.5) is 17.1 Å². The molecule has 3 aromatic carbocycles. The maximum Gasteiger partial charge on any atom is 0.255 e. The number of ether oxygens (including phenoxy) is 1. The van der Waals surface area contributed by atoms with Gasteiger partial charge in [0.15, 0.2) is 0 Å². The Morgan fingerprint density at radius 1 is 0.848 bits per heavy atom. The number of hydrogen-bond donors (Lipinski definition) is 2. The number of hydrogen-bond acceptors (Lipinski definition) is 4. The van der Waals surface area contributed by atoms with Crippen molar-refractivity contribution in [2.75, 3.05) is 29.2 Å². The van der Waals surface area contributed by atoms with Crippen molar-refractivity contribution in [2.45, 2.75) is 19.8 Å². The molecule has 7 nitrogen and oxygen atoms in total. The molecule has 1 heterocycles. The molecule has 0 aliphatic carbocycles. The molecule has 7 heteroatoms. The zero-order valence-corrected chi connectivity index (χ0v) is 18.6. The van der Waals surface area contributed by atoms with Crippen LogP contribution >= 0.6 is 0 Å². The summed E-state index contributed by atoms with van der Waals surface area (Å²) in [5.41, 5.74) is 4.13. The second-order valence-corrected chi connectivity index (χ2v) is 7.71. The van der Waals surface area contributed by atoms with Crippen molar-refractivity contribution in [3.63, 3.8) is 0 Å². The second kappa shape index (κ2) is 9.56. The van der Waals surface area contributed by atoms with Crippen LogP contribution in [0.5, 0.6) is 5.75 Å². The van der Waals surface area contributed by atoms with Crippen LogP contribution in [0.1, 0.15) is 39.6 Å². The summed E-state index contributed by atoms with van der Waals surface area (Å²) < 4.78 is 5.11. The minimum absolute atomic E-state index is 0.0852. The summed E-state index contributed by atoms with van der Waals surface area (Å²) in [7, 11) is 1.58. The van der Waals surface area contributed by atoms with Crippen LogP contribution < -0.4 is 20.3 Å². The van der Waals surface area contributed by atoms with E-state index in [0.29, 0.717) is 41.2 Å². The zero-order valence-electron chi connectivity index (χ0n) is 18.6. The van der Waals surface area contributed by atoms with Gasteiger partial charge >= 0.3 is 0 Å². The van der Waals surface area contributed by atoms with E-state index in [2.05, 4.69) is 10.6 Å². The predicted octanol–water partition coefficient (Wildman–Crippen LogP) is 4.50. The van der Waals surface area contributed by atoms with Gasteiger partial charge in [-0.3, -0.25) is 14.4 Å². The molecule has 3 aromatic rings. The van der Waals surface area contributed by atoms with Gasteiger partial charge in [-0.2, -0.15) is 0 Å². The van der Waals surface area contributed by atoms with Gasteiger partial charge < -0.3 is 20.3 Å². The fourth-order valence-electron chi connectivity index (χ4n) is 3.78. The van der Waals surface area contributed by atoms with Gasteiger partial charge in [0, 0.05) is 41.2 Å². The molecule has 0 bridgehead atoms. The van der Waals surface area contributed by atoms with Crippen LogP contribution in [0.3, 0.4) is 0 Å².